The summed E-state index contributed by atoms with van der Waals surface area (Å²) < 4.78 is 0. The zero-order valence-corrected chi connectivity index (χ0v) is 12.3. The Morgan fingerprint density at radius 2 is 2.42 bits per heavy atom. The van der Waals surface area contributed by atoms with E-state index in [1.54, 1.807) is 12.3 Å². The third kappa shape index (κ3) is 3.84. The lowest BCUT2D eigenvalue weighted by Gasteiger charge is -2.20. The van der Waals surface area contributed by atoms with E-state index in [9.17, 15) is 0 Å². The first-order valence-electron chi connectivity index (χ1n) is 6.67. The summed E-state index contributed by atoms with van der Waals surface area (Å²) in [7, 11) is 0. The van der Waals surface area contributed by atoms with Crippen LogP contribution < -0.4 is 11.1 Å². The minimum Gasteiger partial charge on any atom is -0.388 e. The second kappa shape index (κ2) is 6.25. The van der Waals surface area contributed by atoms with Crippen molar-refractivity contribution in [3.05, 3.63) is 18.0 Å². The molecule has 3 N–H and O–H groups in total. The van der Waals surface area contributed by atoms with E-state index < -0.39 is 0 Å². The molecule has 1 saturated heterocycles. The summed E-state index contributed by atoms with van der Waals surface area (Å²) in [6.07, 6.45) is 2.90. The van der Waals surface area contributed by atoms with Crippen molar-refractivity contribution in [3.8, 4) is 0 Å². The largest absolute Gasteiger partial charge is 0.388 e. The Morgan fingerprint density at radius 3 is 3.05 bits per heavy atom. The second-order valence-corrected chi connectivity index (χ2v) is 5.69. The topological polar surface area (TPSA) is 67.1 Å². The van der Waals surface area contributed by atoms with Gasteiger partial charge >= 0.3 is 0 Å². The Labute approximate surface area is 119 Å². The highest BCUT2D eigenvalue weighted by atomic mass is 32.1. The van der Waals surface area contributed by atoms with Gasteiger partial charge in [0.15, 0.2) is 0 Å². The van der Waals surface area contributed by atoms with E-state index in [1.165, 1.54) is 13.0 Å². The fourth-order valence-corrected chi connectivity index (χ4v) is 2.43. The zero-order chi connectivity index (χ0) is 13.8. The molecule has 1 aliphatic heterocycles. The van der Waals surface area contributed by atoms with Crippen LogP contribution in [-0.2, 0) is 0 Å². The number of rotatable bonds is 5. The Hall–Kier alpha value is -1.27. The maximum absolute atomic E-state index is 5.56. The van der Waals surface area contributed by atoms with Gasteiger partial charge in [0.05, 0.1) is 0 Å². The number of hydrogen-bond donors (Lipinski definition) is 2. The predicted octanol–water partition coefficient (Wildman–Crippen LogP) is 1.25. The van der Waals surface area contributed by atoms with Crippen LogP contribution in [0.5, 0.6) is 0 Å². The lowest BCUT2D eigenvalue weighted by atomic mass is 10.1. The molecule has 0 radical (unpaired) electrons. The minimum atomic E-state index is 0.303. The van der Waals surface area contributed by atoms with Crippen molar-refractivity contribution >= 4 is 23.2 Å². The van der Waals surface area contributed by atoms with Crippen molar-refractivity contribution in [2.45, 2.75) is 26.3 Å². The molecule has 0 aliphatic carbocycles. The van der Waals surface area contributed by atoms with Crippen LogP contribution in [0.25, 0.3) is 0 Å². The first kappa shape index (κ1) is 14.1. The molecule has 5 nitrogen and oxygen atoms in total. The Kier molecular flexibility index (Phi) is 4.66. The molecular formula is C13H21N5S. The minimum absolute atomic E-state index is 0.303. The maximum atomic E-state index is 5.56. The standard InChI is InChI=1S/C13H21N5S/c1-9(2)18-6-4-10(8-18)7-16-13-15-5-3-11(17-13)12(14)19/h3,5,9-10H,4,6-8H2,1-2H3,(H2,14,19)(H,15,16,17). The van der Waals surface area contributed by atoms with Crippen molar-refractivity contribution in [1.29, 1.82) is 0 Å². The van der Waals surface area contributed by atoms with Crippen molar-refractivity contribution in [1.82, 2.24) is 14.9 Å². The van der Waals surface area contributed by atoms with E-state index in [-0.39, 0.29) is 0 Å². The van der Waals surface area contributed by atoms with E-state index in [0.717, 1.165) is 13.1 Å². The second-order valence-electron chi connectivity index (χ2n) is 5.25. The normalized spacial score (nSPS) is 19.8. The van der Waals surface area contributed by atoms with E-state index in [4.69, 9.17) is 18.0 Å². The molecule has 1 atom stereocenters. The molecule has 6 heteroatoms. The lowest BCUT2D eigenvalue weighted by Crippen LogP contribution is -2.29. The fraction of sp³-hybridized carbons (Fsp3) is 0.615. The van der Waals surface area contributed by atoms with Crippen LogP contribution in [0.3, 0.4) is 0 Å². The number of anilines is 1. The number of nitrogens with one attached hydrogen (secondary N) is 1. The fourth-order valence-electron chi connectivity index (χ4n) is 2.31. The highest BCUT2D eigenvalue weighted by Gasteiger charge is 2.23. The zero-order valence-electron chi connectivity index (χ0n) is 11.5. The summed E-state index contributed by atoms with van der Waals surface area (Å²) >= 11 is 4.91. The summed E-state index contributed by atoms with van der Waals surface area (Å²) in [6, 6.07) is 2.35. The highest BCUT2D eigenvalue weighted by molar-refractivity contribution is 7.80. The average molecular weight is 279 g/mol. The van der Waals surface area contributed by atoms with Crippen LogP contribution in [0, 0.1) is 5.92 Å². The first-order chi connectivity index (χ1) is 9.06. The van der Waals surface area contributed by atoms with Gasteiger partial charge in [-0.25, -0.2) is 9.97 Å². The van der Waals surface area contributed by atoms with E-state index in [1.807, 2.05) is 0 Å². The molecule has 2 rings (SSSR count). The predicted molar refractivity (Wildman–Crippen MR) is 81.2 cm³/mol. The number of nitrogens with zero attached hydrogens (tertiary/aromatic N) is 3. The van der Waals surface area contributed by atoms with Crippen molar-refractivity contribution in [2.24, 2.45) is 11.7 Å². The molecular weight excluding hydrogens is 258 g/mol. The SMILES string of the molecule is CC(C)N1CCC(CNc2nccc(C(N)=S)n2)C1. The molecule has 104 valence electrons. The van der Waals surface area contributed by atoms with Crippen LogP contribution in [0.1, 0.15) is 26.0 Å². The summed E-state index contributed by atoms with van der Waals surface area (Å²) in [5.41, 5.74) is 6.17. The van der Waals surface area contributed by atoms with Gasteiger partial charge < -0.3 is 16.0 Å². The smallest absolute Gasteiger partial charge is 0.223 e. The molecule has 0 aromatic carbocycles. The molecule has 2 heterocycles. The number of likely N-dealkylation sites (tertiary alicyclic amines) is 1. The summed E-state index contributed by atoms with van der Waals surface area (Å²) in [5, 5.41) is 3.28. The molecule has 1 aromatic heterocycles. The van der Waals surface area contributed by atoms with E-state index in [2.05, 4.69) is 34.0 Å². The highest BCUT2D eigenvalue weighted by Crippen LogP contribution is 2.18. The van der Waals surface area contributed by atoms with E-state index >= 15 is 0 Å². The Bertz CT molecular complexity index is 448. The number of aromatic nitrogens is 2. The molecule has 1 aromatic rings. The Balaban J connectivity index is 1.86. The van der Waals surface area contributed by atoms with Gasteiger partial charge in [-0.3, -0.25) is 0 Å². The molecule has 0 amide bonds. The molecule has 0 spiro atoms. The van der Waals surface area contributed by atoms with Crippen molar-refractivity contribution < 1.29 is 0 Å². The van der Waals surface area contributed by atoms with Crippen LogP contribution in [-0.4, -0.2) is 45.5 Å². The van der Waals surface area contributed by atoms with Gasteiger partial charge in [0.1, 0.15) is 10.7 Å². The average Bonchev–Trinajstić information content (AvgIpc) is 2.85. The van der Waals surface area contributed by atoms with E-state index in [0.29, 0.717) is 28.6 Å². The molecule has 1 fully saturated rings. The number of hydrogen-bond acceptors (Lipinski definition) is 5. The van der Waals surface area contributed by atoms with Crippen LogP contribution in [0.4, 0.5) is 5.95 Å². The third-order valence-corrected chi connectivity index (χ3v) is 3.71. The van der Waals surface area contributed by atoms with Gasteiger partial charge in [0.25, 0.3) is 0 Å². The molecule has 1 aliphatic rings. The maximum Gasteiger partial charge on any atom is 0.223 e. The number of thiocarbonyl (C=S) groups is 1. The van der Waals surface area contributed by atoms with Gasteiger partial charge in [-0.15, -0.1) is 0 Å². The third-order valence-electron chi connectivity index (χ3n) is 3.50. The lowest BCUT2D eigenvalue weighted by molar-refractivity contribution is 0.266. The molecule has 19 heavy (non-hydrogen) atoms. The summed E-state index contributed by atoms with van der Waals surface area (Å²) in [4.78, 5) is 11.3. The summed E-state index contributed by atoms with van der Waals surface area (Å²) in [5.74, 6) is 1.26. The summed E-state index contributed by atoms with van der Waals surface area (Å²) in [6.45, 7) is 7.69. The van der Waals surface area contributed by atoms with Gasteiger partial charge in [-0.2, -0.15) is 0 Å². The molecule has 0 bridgehead atoms. The van der Waals surface area contributed by atoms with Crippen LogP contribution >= 0.6 is 12.2 Å². The molecule has 1 unspecified atom stereocenters. The van der Waals surface area contributed by atoms with Crippen molar-refractivity contribution in [2.75, 3.05) is 25.0 Å². The van der Waals surface area contributed by atoms with Crippen LogP contribution in [0.2, 0.25) is 0 Å². The van der Waals surface area contributed by atoms with Gasteiger partial charge in [0, 0.05) is 25.3 Å². The number of nitrogens with two attached hydrogens (primary N) is 1. The Morgan fingerprint density at radius 1 is 1.63 bits per heavy atom. The molecule has 0 saturated carbocycles. The van der Waals surface area contributed by atoms with Crippen molar-refractivity contribution in [3.63, 3.8) is 0 Å². The van der Waals surface area contributed by atoms with Gasteiger partial charge in [0.2, 0.25) is 5.95 Å². The van der Waals surface area contributed by atoms with Gasteiger partial charge in [-0.05, 0) is 38.8 Å². The quantitative estimate of drug-likeness (QED) is 0.791. The van der Waals surface area contributed by atoms with Crippen LogP contribution in [0.15, 0.2) is 12.3 Å². The monoisotopic (exact) mass is 279 g/mol. The first-order valence-corrected chi connectivity index (χ1v) is 7.08. The van der Waals surface area contributed by atoms with Gasteiger partial charge in [-0.1, -0.05) is 12.2 Å².